The number of carbonyl (C=O) groups excluding carboxylic acids is 2. The summed E-state index contributed by atoms with van der Waals surface area (Å²) in [6.07, 6.45) is 1.05. The van der Waals surface area contributed by atoms with E-state index in [1.54, 1.807) is 24.3 Å². The molecule has 0 bridgehead atoms. The highest BCUT2D eigenvalue weighted by molar-refractivity contribution is 6.21. The number of amides is 2. The molecule has 1 aromatic rings. The molecule has 3 rings (SSSR count). The van der Waals surface area contributed by atoms with E-state index in [9.17, 15) is 9.59 Å². The molecule has 2 atom stereocenters. The maximum atomic E-state index is 12.3. The quantitative estimate of drug-likeness (QED) is 0.841. The van der Waals surface area contributed by atoms with Crippen LogP contribution in [0.3, 0.4) is 0 Å². The van der Waals surface area contributed by atoms with Gasteiger partial charge < -0.3 is 5.73 Å². The third-order valence-electron chi connectivity index (χ3n) is 4.29. The summed E-state index contributed by atoms with van der Waals surface area (Å²) in [5.41, 5.74) is 7.07. The molecule has 5 heteroatoms. The van der Waals surface area contributed by atoms with Crippen LogP contribution in [-0.4, -0.2) is 53.8 Å². The van der Waals surface area contributed by atoms with Gasteiger partial charge in [-0.15, -0.1) is 0 Å². The van der Waals surface area contributed by atoms with Gasteiger partial charge in [0.25, 0.3) is 11.8 Å². The third-order valence-corrected chi connectivity index (χ3v) is 4.29. The average Bonchev–Trinajstić information content (AvgIpc) is 2.69. The molecular weight excluding hydrogens is 266 g/mol. The minimum Gasteiger partial charge on any atom is -0.327 e. The summed E-state index contributed by atoms with van der Waals surface area (Å²) in [5, 5.41) is 0. The van der Waals surface area contributed by atoms with Gasteiger partial charge in [0.2, 0.25) is 0 Å². The first-order valence-electron chi connectivity index (χ1n) is 7.49. The largest absolute Gasteiger partial charge is 0.327 e. The molecule has 0 aromatic heterocycles. The van der Waals surface area contributed by atoms with E-state index in [0.717, 1.165) is 19.5 Å². The van der Waals surface area contributed by atoms with E-state index < -0.39 is 0 Å². The van der Waals surface area contributed by atoms with Gasteiger partial charge in [-0.3, -0.25) is 19.4 Å². The van der Waals surface area contributed by atoms with Crippen molar-refractivity contribution in [3.8, 4) is 0 Å². The molecular formula is C16H21N3O2. The van der Waals surface area contributed by atoms with Crippen molar-refractivity contribution in [2.45, 2.75) is 19.4 Å². The highest BCUT2D eigenvalue weighted by atomic mass is 16.2. The van der Waals surface area contributed by atoms with Gasteiger partial charge in [0, 0.05) is 32.2 Å². The number of fused-ring (bicyclic) bond motifs is 1. The standard InChI is InChI=1S/C16H21N3O2/c1-11-8-12(17)10-18(9-11)6-7-19-15(20)13-4-2-3-5-14(13)16(19)21/h2-5,11-12H,6-10,17H2,1H3. The topological polar surface area (TPSA) is 66.6 Å². The predicted octanol–water partition coefficient (Wildman–Crippen LogP) is 0.952. The SMILES string of the molecule is CC1CC(N)CN(CCN2C(=O)c3ccccc3C2=O)C1. The molecule has 5 nitrogen and oxygen atoms in total. The van der Waals surface area contributed by atoms with E-state index in [1.807, 2.05) is 0 Å². The number of hydrogen-bond acceptors (Lipinski definition) is 4. The van der Waals surface area contributed by atoms with Gasteiger partial charge >= 0.3 is 0 Å². The fourth-order valence-electron chi connectivity index (χ4n) is 3.38. The minimum atomic E-state index is -0.176. The first kappa shape index (κ1) is 14.2. The maximum Gasteiger partial charge on any atom is 0.261 e. The minimum absolute atomic E-state index is 0.176. The third kappa shape index (κ3) is 2.71. The Morgan fingerprint density at radius 1 is 1.10 bits per heavy atom. The second-order valence-corrected chi connectivity index (χ2v) is 6.17. The lowest BCUT2D eigenvalue weighted by Gasteiger charge is -2.35. The number of carbonyl (C=O) groups is 2. The lowest BCUT2D eigenvalue weighted by molar-refractivity contribution is 0.0621. The molecule has 1 aromatic carbocycles. The van der Waals surface area contributed by atoms with Crippen LogP contribution in [-0.2, 0) is 0 Å². The van der Waals surface area contributed by atoms with Crippen LogP contribution in [0.15, 0.2) is 24.3 Å². The number of likely N-dealkylation sites (tertiary alicyclic amines) is 1. The van der Waals surface area contributed by atoms with Crippen LogP contribution in [0.5, 0.6) is 0 Å². The fourth-order valence-corrected chi connectivity index (χ4v) is 3.38. The van der Waals surface area contributed by atoms with E-state index >= 15 is 0 Å². The number of nitrogens with two attached hydrogens (primary N) is 1. The number of rotatable bonds is 3. The number of imide groups is 1. The molecule has 2 amide bonds. The summed E-state index contributed by atoms with van der Waals surface area (Å²) >= 11 is 0. The summed E-state index contributed by atoms with van der Waals surface area (Å²) in [7, 11) is 0. The van der Waals surface area contributed by atoms with Crippen molar-refractivity contribution >= 4 is 11.8 Å². The number of benzene rings is 1. The molecule has 2 N–H and O–H groups in total. The van der Waals surface area contributed by atoms with Crippen molar-refractivity contribution in [1.29, 1.82) is 0 Å². The summed E-state index contributed by atoms with van der Waals surface area (Å²) in [4.78, 5) is 28.1. The first-order valence-corrected chi connectivity index (χ1v) is 7.49. The summed E-state index contributed by atoms with van der Waals surface area (Å²) in [6.45, 7) is 5.15. The van der Waals surface area contributed by atoms with Gasteiger partial charge in [0.15, 0.2) is 0 Å². The number of hydrogen-bond donors (Lipinski definition) is 1. The molecule has 0 saturated carbocycles. The van der Waals surface area contributed by atoms with Crippen molar-refractivity contribution < 1.29 is 9.59 Å². The predicted molar refractivity (Wildman–Crippen MR) is 80.0 cm³/mol. The lowest BCUT2D eigenvalue weighted by Crippen LogP contribution is -2.49. The number of nitrogens with zero attached hydrogens (tertiary/aromatic N) is 2. The lowest BCUT2D eigenvalue weighted by atomic mass is 9.97. The molecule has 1 saturated heterocycles. The van der Waals surface area contributed by atoms with Crippen LogP contribution >= 0.6 is 0 Å². The molecule has 2 heterocycles. The molecule has 2 unspecified atom stereocenters. The molecule has 2 aliphatic rings. The van der Waals surface area contributed by atoms with Crippen LogP contribution in [0, 0.1) is 5.92 Å². The zero-order chi connectivity index (χ0) is 15.0. The highest BCUT2D eigenvalue weighted by Gasteiger charge is 2.35. The zero-order valence-corrected chi connectivity index (χ0v) is 12.3. The van der Waals surface area contributed by atoms with Crippen molar-refractivity contribution in [3.05, 3.63) is 35.4 Å². The molecule has 0 radical (unpaired) electrons. The molecule has 0 spiro atoms. The van der Waals surface area contributed by atoms with Gasteiger partial charge in [-0.1, -0.05) is 19.1 Å². The Hall–Kier alpha value is -1.72. The normalized spacial score (nSPS) is 26.3. The van der Waals surface area contributed by atoms with Gasteiger partial charge in [0.05, 0.1) is 11.1 Å². The molecule has 2 aliphatic heterocycles. The smallest absolute Gasteiger partial charge is 0.261 e. The Balaban J connectivity index is 1.64. The maximum absolute atomic E-state index is 12.3. The van der Waals surface area contributed by atoms with Crippen LogP contribution in [0.2, 0.25) is 0 Å². The second kappa shape index (κ2) is 5.58. The highest BCUT2D eigenvalue weighted by Crippen LogP contribution is 2.22. The van der Waals surface area contributed by atoms with Crippen LogP contribution in [0.1, 0.15) is 34.1 Å². The average molecular weight is 287 g/mol. The van der Waals surface area contributed by atoms with Crippen LogP contribution < -0.4 is 5.73 Å². The Morgan fingerprint density at radius 2 is 1.71 bits per heavy atom. The molecule has 0 aliphatic carbocycles. The van der Waals surface area contributed by atoms with Crippen molar-refractivity contribution in [2.24, 2.45) is 11.7 Å². The Morgan fingerprint density at radius 3 is 2.29 bits per heavy atom. The van der Waals surface area contributed by atoms with Gasteiger partial charge in [-0.2, -0.15) is 0 Å². The van der Waals surface area contributed by atoms with E-state index in [-0.39, 0.29) is 17.9 Å². The van der Waals surface area contributed by atoms with Gasteiger partial charge in [-0.25, -0.2) is 0 Å². The first-order chi connectivity index (χ1) is 10.1. The Bertz CT molecular complexity index is 527. The second-order valence-electron chi connectivity index (χ2n) is 6.17. The van der Waals surface area contributed by atoms with E-state index in [1.165, 1.54) is 4.90 Å². The summed E-state index contributed by atoms with van der Waals surface area (Å²) in [6, 6.07) is 7.21. The van der Waals surface area contributed by atoms with E-state index in [2.05, 4.69) is 11.8 Å². The van der Waals surface area contributed by atoms with Crippen molar-refractivity contribution in [1.82, 2.24) is 9.80 Å². The van der Waals surface area contributed by atoms with Crippen LogP contribution in [0.25, 0.3) is 0 Å². The molecule has 112 valence electrons. The fraction of sp³-hybridized carbons (Fsp3) is 0.500. The van der Waals surface area contributed by atoms with E-state index in [0.29, 0.717) is 30.1 Å². The van der Waals surface area contributed by atoms with Gasteiger partial charge in [-0.05, 0) is 24.5 Å². The Labute approximate surface area is 124 Å². The summed E-state index contributed by atoms with van der Waals surface area (Å²) < 4.78 is 0. The monoisotopic (exact) mass is 287 g/mol. The summed E-state index contributed by atoms with van der Waals surface area (Å²) in [5.74, 6) is 0.214. The molecule has 1 fully saturated rings. The Kier molecular flexibility index (Phi) is 3.78. The number of piperidine rings is 1. The van der Waals surface area contributed by atoms with Gasteiger partial charge in [0.1, 0.15) is 0 Å². The molecule has 21 heavy (non-hydrogen) atoms. The van der Waals surface area contributed by atoms with Crippen molar-refractivity contribution in [3.63, 3.8) is 0 Å². The van der Waals surface area contributed by atoms with E-state index in [4.69, 9.17) is 5.73 Å². The zero-order valence-electron chi connectivity index (χ0n) is 12.3. The van der Waals surface area contributed by atoms with Crippen LogP contribution in [0.4, 0.5) is 0 Å². The van der Waals surface area contributed by atoms with Crippen molar-refractivity contribution in [2.75, 3.05) is 26.2 Å².